The van der Waals surface area contributed by atoms with Crippen molar-refractivity contribution in [2.24, 2.45) is 5.73 Å². The predicted octanol–water partition coefficient (Wildman–Crippen LogP) is 2.79. The summed E-state index contributed by atoms with van der Waals surface area (Å²) in [6.07, 6.45) is 2.19. The van der Waals surface area contributed by atoms with E-state index in [0.29, 0.717) is 12.0 Å². The van der Waals surface area contributed by atoms with Crippen LogP contribution in [0.1, 0.15) is 12.5 Å². The normalized spacial score (nSPS) is 13.3. The number of aromatic hydroxyl groups is 1. The minimum atomic E-state index is 0.00946. The Balaban J connectivity index is 2.60. The van der Waals surface area contributed by atoms with Crippen LogP contribution < -0.4 is 5.73 Å². The van der Waals surface area contributed by atoms with Gasteiger partial charge >= 0.3 is 0 Å². The van der Waals surface area contributed by atoms with Crippen molar-refractivity contribution in [3.05, 3.63) is 28.4 Å². The zero-order chi connectivity index (χ0) is 11.0. The highest BCUT2D eigenvalue weighted by atomic mass is 79.9. The molecule has 0 fully saturated rings. The molecule has 80 valence electrons. The van der Waals surface area contributed by atoms with Gasteiger partial charge in [-0.1, -0.05) is 15.9 Å². The van der Waals surface area contributed by atoms with Crippen molar-refractivity contribution in [3.8, 4) is 5.75 Å². The molecule has 0 saturated heterocycles. The first-order valence-corrected chi connectivity index (χ1v) is 5.52. The summed E-state index contributed by atoms with van der Waals surface area (Å²) in [6.45, 7) is 1.90. The summed E-state index contributed by atoms with van der Waals surface area (Å²) in [4.78, 5) is 0. The molecule has 0 bridgehead atoms. The third-order valence-electron chi connectivity index (χ3n) is 2.28. The summed E-state index contributed by atoms with van der Waals surface area (Å²) in [7, 11) is 0. The number of furan rings is 1. The summed E-state index contributed by atoms with van der Waals surface area (Å²) in [6, 6.07) is 3.71. The van der Waals surface area contributed by atoms with Crippen LogP contribution in [0.2, 0.25) is 0 Å². The maximum Gasteiger partial charge on any atom is 0.176 e. The van der Waals surface area contributed by atoms with E-state index in [0.717, 1.165) is 15.4 Å². The van der Waals surface area contributed by atoms with E-state index in [1.165, 1.54) is 0 Å². The molecule has 1 aromatic heterocycles. The maximum atomic E-state index is 9.94. The van der Waals surface area contributed by atoms with Gasteiger partial charge in [0.25, 0.3) is 0 Å². The summed E-state index contributed by atoms with van der Waals surface area (Å²) >= 11 is 3.44. The molecule has 0 saturated carbocycles. The van der Waals surface area contributed by atoms with E-state index in [4.69, 9.17) is 10.2 Å². The van der Waals surface area contributed by atoms with Gasteiger partial charge in [-0.2, -0.15) is 0 Å². The minimum absolute atomic E-state index is 0.00946. The van der Waals surface area contributed by atoms with Crippen molar-refractivity contribution in [2.75, 3.05) is 0 Å². The lowest BCUT2D eigenvalue weighted by atomic mass is 10.1. The first kappa shape index (κ1) is 10.5. The Hall–Kier alpha value is -1.00. The number of hydrogen-bond donors (Lipinski definition) is 2. The molecule has 0 aliphatic rings. The van der Waals surface area contributed by atoms with Crippen molar-refractivity contribution in [2.45, 2.75) is 19.4 Å². The first-order valence-electron chi connectivity index (χ1n) is 4.72. The lowest BCUT2D eigenvalue weighted by Crippen LogP contribution is -2.17. The van der Waals surface area contributed by atoms with Gasteiger partial charge in [-0.3, -0.25) is 0 Å². The Bertz CT molecular complexity index is 491. The highest BCUT2D eigenvalue weighted by molar-refractivity contribution is 9.10. The molecule has 1 aromatic carbocycles. The van der Waals surface area contributed by atoms with Crippen LogP contribution in [0.4, 0.5) is 0 Å². The second kappa shape index (κ2) is 3.87. The minimum Gasteiger partial charge on any atom is -0.504 e. The van der Waals surface area contributed by atoms with Gasteiger partial charge in [0.1, 0.15) is 0 Å². The molecule has 4 heteroatoms. The van der Waals surface area contributed by atoms with E-state index in [9.17, 15) is 5.11 Å². The average molecular weight is 270 g/mol. The van der Waals surface area contributed by atoms with Gasteiger partial charge < -0.3 is 15.3 Å². The van der Waals surface area contributed by atoms with Gasteiger partial charge in [-0.25, -0.2) is 0 Å². The number of rotatable bonds is 2. The van der Waals surface area contributed by atoms with Crippen molar-refractivity contribution < 1.29 is 9.52 Å². The van der Waals surface area contributed by atoms with Crippen LogP contribution >= 0.6 is 15.9 Å². The van der Waals surface area contributed by atoms with Gasteiger partial charge in [-0.15, -0.1) is 0 Å². The Kier molecular flexibility index (Phi) is 2.71. The van der Waals surface area contributed by atoms with Gasteiger partial charge in [-0.05, 0) is 25.5 Å². The molecule has 0 radical (unpaired) electrons. The van der Waals surface area contributed by atoms with Gasteiger partial charge in [0.15, 0.2) is 11.3 Å². The Morgan fingerprint density at radius 2 is 2.33 bits per heavy atom. The summed E-state index contributed by atoms with van der Waals surface area (Å²) in [5, 5.41) is 10.8. The molecule has 0 spiro atoms. The SMILES string of the molecule is CC(N)Cc1cc(Br)c2ccoc2c1O. The molecule has 1 heterocycles. The standard InChI is InChI=1S/C11H12BrNO2/c1-6(13)4-7-5-9(12)8-2-3-15-11(8)10(7)14/h2-3,5-6,14H,4,13H2,1H3. The third kappa shape index (κ3) is 1.87. The molecule has 0 amide bonds. The molecule has 0 aliphatic carbocycles. The molecule has 3 N–H and O–H groups in total. The van der Waals surface area contributed by atoms with Crippen molar-refractivity contribution in [3.63, 3.8) is 0 Å². The van der Waals surface area contributed by atoms with Crippen LogP contribution in [0, 0.1) is 0 Å². The smallest absolute Gasteiger partial charge is 0.176 e. The van der Waals surface area contributed by atoms with Crippen molar-refractivity contribution in [1.29, 1.82) is 0 Å². The highest BCUT2D eigenvalue weighted by Gasteiger charge is 2.13. The van der Waals surface area contributed by atoms with E-state index in [2.05, 4.69) is 15.9 Å². The Morgan fingerprint density at radius 3 is 3.00 bits per heavy atom. The van der Waals surface area contributed by atoms with E-state index >= 15 is 0 Å². The molecule has 0 aliphatic heterocycles. The molecule has 15 heavy (non-hydrogen) atoms. The van der Waals surface area contributed by atoms with Crippen LogP contribution in [-0.4, -0.2) is 11.1 Å². The molecule has 1 atom stereocenters. The molecular formula is C11H12BrNO2. The van der Waals surface area contributed by atoms with Crippen LogP contribution in [0.5, 0.6) is 5.75 Å². The molecule has 3 nitrogen and oxygen atoms in total. The van der Waals surface area contributed by atoms with Crippen LogP contribution in [0.25, 0.3) is 11.0 Å². The van der Waals surface area contributed by atoms with Crippen LogP contribution in [-0.2, 0) is 6.42 Å². The number of nitrogens with two attached hydrogens (primary N) is 1. The van der Waals surface area contributed by atoms with Crippen LogP contribution in [0.15, 0.2) is 27.3 Å². The summed E-state index contributed by atoms with van der Waals surface area (Å²) in [5.41, 5.74) is 7.02. The predicted molar refractivity (Wildman–Crippen MR) is 62.9 cm³/mol. The van der Waals surface area contributed by atoms with Crippen LogP contribution in [0.3, 0.4) is 0 Å². The van der Waals surface area contributed by atoms with E-state index < -0.39 is 0 Å². The van der Waals surface area contributed by atoms with E-state index in [1.54, 1.807) is 6.26 Å². The fourth-order valence-corrected chi connectivity index (χ4v) is 2.22. The molecule has 2 rings (SSSR count). The number of benzene rings is 1. The maximum absolute atomic E-state index is 9.94. The fraction of sp³-hybridized carbons (Fsp3) is 0.273. The average Bonchev–Trinajstić information content (AvgIpc) is 2.61. The number of fused-ring (bicyclic) bond motifs is 1. The summed E-state index contributed by atoms with van der Waals surface area (Å²) < 4.78 is 6.15. The van der Waals surface area contributed by atoms with E-state index in [1.807, 2.05) is 19.1 Å². The lowest BCUT2D eigenvalue weighted by Gasteiger charge is -2.08. The number of phenolic OH excluding ortho intramolecular Hbond substituents is 1. The van der Waals surface area contributed by atoms with Gasteiger partial charge in [0.2, 0.25) is 0 Å². The highest BCUT2D eigenvalue weighted by Crippen LogP contribution is 2.35. The van der Waals surface area contributed by atoms with E-state index in [-0.39, 0.29) is 11.8 Å². The van der Waals surface area contributed by atoms with Crippen molar-refractivity contribution in [1.82, 2.24) is 0 Å². The molecule has 2 aromatic rings. The zero-order valence-electron chi connectivity index (χ0n) is 8.33. The Labute approximate surface area is 96.0 Å². The fourth-order valence-electron chi connectivity index (χ4n) is 1.63. The number of hydrogen-bond acceptors (Lipinski definition) is 3. The van der Waals surface area contributed by atoms with Gasteiger partial charge in [0.05, 0.1) is 6.26 Å². The third-order valence-corrected chi connectivity index (χ3v) is 2.94. The monoisotopic (exact) mass is 269 g/mol. The summed E-state index contributed by atoms with van der Waals surface area (Å²) in [5.74, 6) is 0.190. The first-order chi connectivity index (χ1) is 7.09. The molecule has 1 unspecified atom stereocenters. The second-order valence-corrected chi connectivity index (χ2v) is 4.57. The van der Waals surface area contributed by atoms with Crippen molar-refractivity contribution >= 4 is 26.9 Å². The number of halogens is 1. The zero-order valence-corrected chi connectivity index (χ0v) is 9.91. The molecular weight excluding hydrogens is 258 g/mol. The number of phenols is 1. The Morgan fingerprint density at radius 1 is 1.60 bits per heavy atom. The second-order valence-electron chi connectivity index (χ2n) is 3.71. The largest absolute Gasteiger partial charge is 0.504 e. The lowest BCUT2D eigenvalue weighted by molar-refractivity contribution is 0.456. The quantitative estimate of drug-likeness (QED) is 0.882. The topological polar surface area (TPSA) is 59.4 Å². The van der Waals surface area contributed by atoms with Gasteiger partial charge in [0, 0.05) is 21.5 Å².